The highest BCUT2D eigenvalue weighted by Crippen LogP contribution is 2.27. The first-order valence-corrected chi connectivity index (χ1v) is 8.30. The maximum atomic E-state index is 14.3. The summed E-state index contributed by atoms with van der Waals surface area (Å²) in [6.07, 6.45) is -2.49. The minimum atomic E-state index is -1.31. The lowest BCUT2D eigenvalue weighted by atomic mass is 9.95. The maximum Gasteiger partial charge on any atom is 0.410 e. The third-order valence-electron chi connectivity index (χ3n) is 4.11. The molecule has 6 heteroatoms. The number of likely N-dealkylation sites (tertiary alicyclic amines) is 1. The fourth-order valence-electron chi connectivity index (χ4n) is 2.97. The number of amides is 1. The minimum absolute atomic E-state index is 0.180. The van der Waals surface area contributed by atoms with Crippen LogP contribution >= 0.6 is 0 Å². The van der Waals surface area contributed by atoms with Crippen LogP contribution in [0.15, 0.2) is 30.3 Å². The molecule has 1 amide bonds. The zero-order chi connectivity index (χ0) is 17.9. The lowest BCUT2D eigenvalue weighted by Crippen LogP contribution is -2.54. The lowest BCUT2D eigenvalue weighted by molar-refractivity contribution is -0.00940. The summed E-state index contributed by atoms with van der Waals surface area (Å²) < 4.78 is 19.6. The predicted molar refractivity (Wildman–Crippen MR) is 90.4 cm³/mol. The van der Waals surface area contributed by atoms with Gasteiger partial charge in [-0.1, -0.05) is 30.3 Å². The molecule has 1 saturated heterocycles. The molecule has 24 heavy (non-hydrogen) atoms. The average Bonchev–Trinajstić information content (AvgIpc) is 2.87. The van der Waals surface area contributed by atoms with Crippen LogP contribution in [0.2, 0.25) is 0 Å². The number of carbonyl (C=O) groups excluding carboxylic acids is 1. The Morgan fingerprint density at radius 2 is 2.04 bits per heavy atom. The maximum absolute atomic E-state index is 14.3. The zero-order valence-electron chi connectivity index (χ0n) is 14.5. The van der Waals surface area contributed by atoms with E-state index in [1.807, 2.05) is 30.3 Å². The SMILES string of the molecule is CC(C)(C)OC(=O)N1CCC(F)C1[C@@H](O)[C@@H](N)Cc1ccccc1. The molecule has 4 atom stereocenters. The smallest absolute Gasteiger partial charge is 0.410 e. The standard InChI is InChI=1S/C18H27FN2O3/c1-18(2,3)24-17(23)21-10-9-13(19)15(21)16(22)14(20)11-12-7-5-4-6-8-12/h4-8,13-16,22H,9-11,20H2,1-3H3/t13?,14-,15?,16-/m0/s1. The van der Waals surface area contributed by atoms with E-state index < -0.39 is 36.1 Å². The summed E-state index contributed by atoms with van der Waals surface area (Å²) in [5, 5.41) is 10.6. The number of halogens is 1. The van der Waals surface area contributed by atoms with Gasteiger partial charge in [0.2, 0.25) is 0 Å². The highest BCUT2D eigenvalue weighted by atomic mass is 19.1. The molecule has 0 saturated carbocycles. The fraction of sp³-hybridized carbons (Fsp3) is 0.611. The number of benzene rings is 1. The molecule has 5 nitrogen and oxygen atoms in total. The zero-order valence-corrected chi connectivity index (χ0v) is 14.5. The van der Waals surface area contributed by atoms with E-state index >= 15 is 0 Å². The first-order valence-electron chi connectivity index (χ1n) is 8.30. The van der Waals surface area contributed by atoms with Gasteiger partial charge in [0, 0.05) is 12.6 Å². The Hall–Kier alpha value is -1.66. The van der Waals surface area contributed by atoms with Crippen molar-refractivity contribution in [1.82, 2.24) is 4.90 Å². The number of hydrogen-bond donors (Lipinski definition) is 2. The Balaban J connectivity index is 2.07. The number of aliphatic hydroxyl groups is 1. The molecule has 0 aromatic heterocycles. The van der Waals surface area contributed by atoms with Crippen LogP contribution < -0.4 is 5.73 Å². The van der Waals surface area contributed by atoms with Crippen molar-refractivity contribution < 1.29 is 19.0 Å². The molecule has 1 fully saturated rings. The Bertz CT molecular complexity index is 547. The molecular formula is C18H27FN2O3. The quantitative estimate of drug-likeness (QED) is 0.883. The van der Waals surface area contributed by atoms with E-state index in [0.717, 1.165) is 5.56 Å². The van der Waals surface area contributed by atoms with Gasteiger partial charge in [-0.25, -0.2) is 9.18 Å². The van der Waals surface area contributed by atoms with Crippen LogP contribution in [-0.4, -0.2) is 52.6 Å². The monoisotopic (exact) mass is 338 g/mol. The molecule has 2 rings (SSSR count). The number of rotatable bonds is 4. The van der Waals surface area contributed by atoms with Gasteiger partial charge in [0.25, 0.3) is 0 Å². The second kappa shape index (κ2) is 7.49. The average molecular weight is 338 g/mol. The van der Waals surface area contributed by atoms with Crippen LogP contribution in [0, 0.1) is 0 Å². The van der Waals surface area contributed by atoms with Crippen LogP contribution in [-0.2, 0) is 11.2 Å². The van der Waals surface area contributed by atoms with Gasteiger partial charge in [0.1, 0.15) is 11.8 Å². The summed E-state index contributed by atoms with van der Waals surface area (Å²) in [5.41, 5.74) is 6.37. The Kier molecular flexibility index (Phi) is 5.83. The van der Waals surface area contributed by atoms with E-state index in [0.29, 0.717) is 6.42 Å². The molecular weight excluding hydrogens is 311 g/mol. The van der Waals surface area contributed by atoms with E-state index in [-0.39, 0.29) is 13.0 Å². The molecule has 0 bridgehead atoms. The second-order valence-corrected chi connectivity index (χ2v) is 7.31. The highest BCUT2D eigenvalue weighted by molar-refractivity contribution is 5.69. The van der Waals surface area contributed by atoms with Crippen molar-refractivity contribution in [2.75, 3.05) is 6.54 Å². The topological polar surface area (TPSA) is 75.8 Å². The number of carbonyl (C=O) groups is 1. The van der Waals surface area contributed by atoms with Crippen LogP contribution in [0.4, 0.5) is 9.18 Å². The van der Waals surface area contributed by atoms with Crippen molar-refractivity contribution in [2.24, 2.45) is 5.73 Å². The molecule has 0 radical (unpaired) electrons. The Morgan fingerprint density at radius 1 is 1.42 bits per heavy atom. The second-order valence-electron chi connectivity index (χ2n) is 7.31. The third-order valence-corrected chi connectivity index (χ3v) is 4.11. The number of ether oxygens (including phenoxy) is 1. The van der Waals surface area contributed by atoms with Crippen LogP contribution in [0.25, 0.3) is 0 Å². The van der Waals surface area contributed by atoms with E-state index in [9.17, 15) is 14.3 Å². The van der Waals surface area contributed by atoms with Gasteiger partial charge < -0.3 is 15.6 Å². The highest BCUT2D eigenvalue weighted by Gasteiger charge is 2.45. The Morgan fingerprint density at radius 3 is 2.62 bits per heavy atom. The van der Waals surface area contributed by atoms with Crippen molar-refractivity contribution in [2.45, 2.75) is 63.6 Å². The van der Waals surface area contributed by atoms with Crippen LogP contribution in [0.3, 0.4) is 0 Å². The van der Waals surface area contributed by atoms with Crippen molar-refractivity contribution in [1.29, 1.82) is 0 Å². The molecule has 1 aromatic carbocycles. The molecule has 0 spiro atoms. The van der Waals surface area contributed by atoms with Gasteiger partial charge >= 0.3 is 6.09 Å². The van der Waals surface area contributed by atoms with E-state index in [1.54, 1.807) is 20.8 Å². The summed E-state index contributed by atoms with van der Waals surface area (Å²) in [7, 11) is 0. The van der Waals surface area contributed by atoms with Gasteiger partial charge in [0.15, 0.2) is 0 Å². The summed E-state index contributed by atoms with van der Waals surface area (Å²) >= 11 is 0. The summed E-state index contributed by atoms with van der Waals surface area (Å²) in [4.78, 5) is 13.6. The van der Waals surface area contributed by atoms with E-state index in [2.05, 4.69) is 0 Å². The fourth-order valence-corrected chi connectivity index (χ4v) is 2.97. The van der Waals surface area contributed by atoms with Crippen LogP contribution in [0.1, 0.15) is 32.8 Å². The van der Waals surface area contributed by atoms with Crippen LogP contribution in [0.5, 0.6) is 0 Å². The largest absolute Gasteiger partial charge is 0.444 e. The summed E-state index contributed by atoms with van der Waals surface area (Å²) in [5.74, 6) is 0. The first-order chi connectivity index (χ1) is 11.2. The molecule has 1 aromatic rings. The molecule has 1 heterocycles. The van der Waals surface area contributed by atoms with Gasteiger partial charge in [-0.05, 0) is 39.2 Å². The number of nitrogens with zero attached hydrogens (tertiary/aromatic N) is 1. The third kappa shape index (κ3) is 4.68. The first kappa shape index (κ1) is 18.7. The predicted octanol–water partition coefficient (Wildman–Crippen LogP) is 2.26. The summed E-state index contributed by atoms with van der Waals surface area (Å²) in [6, 6.07) is 7.82. The van der Waals surface area contributed by atoms with Crippen molar-refractivity contribution in [3.05, 3.63) is 35.9 Å². The van der Waals surface area contributed by atoms with Crippen molar-refractivity contribution >= 4 is 6.09 Å². The molecule has 3 N–H and O–H groups in total. The normalized spacial score (nSPS) is 23.8. The van der Waals surface area contributed by atoms with Crippen molar-refractivity contribution in [3.8, 4) is 0 Å². The van der Waals surface area contributed by atoms with Gasteiger partial charge in [0.05, 0.1) is 12.1 Å². The van der Waals surface area contributed by atoms with E-state index in [1.165, 1.54) is 4.90 Å². The minimum Gasteiger partial charge on any atom is -0.444 e. The van der Waals surface area contributed by atoms with Gasteiger partial charge in [-0.3, -0.25) is 4.90 Å². The lowest BCUT2D eigenvalue weighted by Gasteiger charge is -2.33. The molecule has 1 aliphatic heterocycles. The summed E-state index contributed by atoms with van der Waals surface area (Å²) in [6.45, 7) is 5.47. The Labute approximate surface area is 142 Å². The molecule has 1 aliphatic rings. The number of alkyl halides is 1. The molecule has 2 unspecified atom stereocenters. The molecule has 134 valence electrons. The number of aliphatic hydroxyl groups excluding tert-OH is 1. The van der Waals surface area contributed by atoms with E-state index in [4.69, 9.17) is 10.5 Å². The number of nitrogens with two attached hydrogens (primary N) is 1. The molecule has 0 aliphatic carbocycles. The van der Waals surface area contributed by atoms with Gasteiger partial charge in [-0.2, -0.15) is 0 Å². The van der Waals surface area contributed by atoms with Gasteiger partial charge in [-0.15, -0.1) is 0 Å². The number of hydrogen-bond acceptors (Lipinski definition) is 4. The van der Waals surface area contributed by atoms with Crippen molar-refractivity contribution in [3.63, 3.8) is 0 Å².